The van der Waals surface area contributed by atoms with Gasteiger partial charge < -0.3 is 20.3 Å². The van der Waals surface area contributed by atoms with Crippen LogP contribution in [0.1, 0.15) is 110 Å². The predicted molar refractivity (Wildman–Crippen MR) is 168 cm³/mol. The maximum atomic E-state index is 13.3. The molecular formula is C31H48N4O3S2. The minimum atomic E-state index is -0.595. The molecule has 1 aliphatic heterocycles. The van der Waals surface area contributed by atoms with E-state index in [1.165, 1.54) is 50.1 Å². The van der Waals surface area contributed by atoms with Crippen molar-refractivity contribution >= 4 is 44.7 Å². The number of ether oxygens (including phenoxy) is 1. The number of hydrogen-bond acceptors (Lipinski definition) is 7. The van der Waals surface area contributed by atoms with E-state index in [0.717, 1.165) is 70.3 Å². The highest BCUT2D eigenvalue weighted by molar-refractivity contribution is 7.17. The number of carbonyl (C=O) groups excluding carboxylic acids is 2. The lowest BCUT2D eigenvalue weighted by atomic mass is 9.95. The number of fused-ring (bicyclic) bond motifs is 2. The summed E-state index contributed by atoms with van der Waals surface area (Å²) in [6.07, 6.45) is 8.39. The van der Waals surface area contributed by atoms with Crippen LogP contribution >= 0.6 is 22.7 Å². The van der Waals surface area contributed by atoms with Crippen LogP contribution in [-0.2, 0) is 37.1 Å². The lowest BCUT2D eigenvalue weighted by Gasteiger charge is -2.26. The molecule has 7 nitrogen and oxygen atoms in total. The molecule has 4 rings (SSSR count). The lowest BCUT2D eigenvalue weighted by Crippen LogP contribution is -2.32. The summed E-state index contributed by atoms with van der Waals surface area (Å²) in [6.45, 7) is 16.8. The molecule has 2 aliphatic rings. The Bertz CT molecular complexity index is 1180. The van der Waals surface area contributed by atoms with Gasteiger partial charge in [-0.05, 0) is 89.3 Å². The number of aryl methyl sites for hydroxylation is 1. The van der Waals surface area contributed by atoms with Gasteiger partial charge in [0.15, 0.2) is 0 Å². The molecule has 0 fully saturated rings. The summed E-state index contributed by atoms with van der Waals surface area (Å²) in [6, 6.07) is -0.273. The third-order valence-electron chi connectivity index (χ3n) is 7.81. The summed E-state index contributed by atoms with van der Waals surface area (Å²) in [5.74, 6) is 0.346. The lowest BCUT2D eigenvalue weighted by molar-refractivity contribution is 0.00699. The van der Waals surface area contributed by atoms with Crippen molar-refractivity contribution in [2.24, 2.45) is 5.92 Å². The number of anilines is 2. The minimum Gasteiger partial charge on any atom is -0.456 e. The average molecular weight is 589 g/mol. The van der Waals surface area contributed by atoms with Crippen LogP contribution in [-0.4, -0.2) is 37.2 Å². The van der Waals surface area contributed by atoms with E-state index in [1.54, 1.807) is 0 Å². The Kier molecular flexibility index (Phi) is 10.6. The molecule has 2 aromatic rings. The van der Waals surface area contributed by atoms with Crippen molar-refractivity contribution in [2.75, 3.05) is 29.9 Å². The minimum absolute atomic E-state index is 0.273. The number of urea groups is 1. The number of rotatable bonds is 11. The molecule has 3 heterocycles. The van der Waals surface area contributed by atoms with Crippen molar-refractivity contribution < 1.29 is 14.3 Å². The SMILES string of the molecule is CCCN(CCC(C)CC)c1sc2c(c1CNC(=O)Nc1sc3c(c1C(=O)OC(C)(C)C)CCCC3)CCNC2. The summed E-state index contributed by atoms with van der Waals surface area (Å²) in [4.78, 5) is 31.7. The van der Waals surface area contributed by atoms with Crippen LogP contribution in [0.2, 0.25) is 0 Å². The van der Waals surface area contributed by atoms with E-state index in [2.05, 4.69) is 41.6 Å². The predicted octanol–water partition coefficient (Wildman–Crippen LogP) is 7.26. The molecule has 9 heteroatoms. The van der Waals surface area contributed by atoms with Crippen LogP contribution in [0.5, 0.6) is 0 Å². The van der Waals surface area contributed by atoms with E-state index in [0.29, 0.717) is 23.0 Å². The number of nitrogens with zero attached hydrogens (tertiary/aromatic N) is 1. The van der Waals surface area contributed by atoms with Crippen molar-refractivity contribution in [1.82, 2.24) is 10.6 Å². The van der Waals surface area contributed by atoms with Crippen molar-refractivity contribution in [2.45, 2.75) is 112 Å². The molecule has 1 unspecified atom stereocenters. The monoisotopic (exact) mass is 588 g/mol. The molecule has 40 heavy (non-hydrogen) atoms. The van der Waals surface area contributed by atoms with E-state index >= 15 is 0 Å². The van der Waals surface area contributed by atoms with Crippen LogP contribution in [0.4, 0.5) is 14.8 Å². The smallest absolute Gasteiger partial charge is 0.341 e. The molecule has 0 bridgehead atoms. The zero-order valence-corrected chi connectivity index (χ0v) is 26.9. The second kappa shape index (κ2) is 13.7. The van der Waals surface area contributed by atoms with Crippen LogP contribution in [0.15, 0.2) is 0 Å². The van der Waals surface area contributed by atoms with Gasteiger partial charge in [0.2, 0.25) is 0 Å². The average Bonchev–Trinajstić information content (AvgIpc) is 3.46. The van der Waals surface area contributed by atoms with Gasteiger partial charge in [-0.2, -0.15) is 0 Å². The van der Waals surface area contributed by atoms with Gasteiger partial charge in [0.05, 0.1) is 10.6 Å². The van der Waals surface area contributed by atoms with Gasteiger partial charge >= 0.3 is 12.0 Å². The number of nitrogens with one attached hydrogen (secondary N) is 3. The standard InChI is InChI=1S/C31H48N4O3S2/c1-7-16-35(17-14-20(3)8-2)28-23(21-13-15-32-19-25(21)40-28)18-33-30(37)34-27-26(29(36)38-31(4,5)6)22-11-9-10-12-24(22)39-27/h20,32H,7-19H2,1-6H3,(H2,33,34,37). The molecule has 0 aromatic carbocycles. The Morgan fingerprint density at radius 3 is 2.55 bits per heavy atom. The van der Waals surface area contributed by atoms with E-state index in [4.69, 9.17) is 4.74 Å². The summed E-state index contributed by atoms with van der Waals surface area (Å²) < 4.78 is 5.75. The molecule has 0 radical (unpaired) electrons. The van der Waals surface area contributed by atoms with Crippen molar-refractivity contribution in [3.05, 3.63) is 32.0 Å². The van der Waals surface area contributed by atoms with Crippen LogP contribution < -0.4 is 20.9 Å². The molecule has 2 amide bonds. The first-order valence-corrected chi connectivity index (χ1v) is 16.8. The highest BCUT2D eigenvalue weighted by atomic mass is 32.1. The highest BCUT2D eigenvalue weighted by Crippen LogP contribution is 2.40. The number of hydrogen-bond donors (Lipinski definition) is 3. The molecule has 1 atom stereocenters. The van der Waals surface area contributed by atoms with Crippen LogP contribution in [0, 0.1) is 5.92 Å². The molecular weight excluding hydrogens is 541 g/mol. The fourth-order valence-electron chi connectivity index (χ4n) is 5.50. The first kappa shape index (κ1) is 30.8. The van der Waals surface area contributed by atoms with Gasteiger partial charge in [0.25, 0.3) is 0 Å². The molecule has 222 valence electrons. The first-order valence-electron chi connectivity index (χ1n) is 15.1. The fourth-order valence-corrected chi connectivity index (χ4v) is 8.16. The Balaban J connectivity index is 1.54. The maximum Gasteiger partial charge on any atom is 0.341 e. The normalized spacial score (nSPS) is 15.7. The number of thiophene rings is 2. The Morgan fingerprint density at radius 1 is 1.05 bits per heavy atom. The third kappa shape index (κ3) is 7.59. The number of carbonyl (C=O) groups is 2. The summed E-state index contributed by atoms with van der Waals surface area (Å²) in [5.41, 5.74) is 3.65. The quantitative estimate of drug-likeness (QED) is 0.241. The number of esters is 1. The first-order chi connectivity index (χ1) is 19.1. The van der Waals surface area contributed by atoms with Crippen molar-refractivity contribution in [3.8, 4) is 0 Å². The Morgan fingerprint density at radius 2 is 1.82 bits per heavy atom. The molecule has 0 saturated carbocycles. The fraction of sp³-hybridized carbons (Fsp3) is 0.677. The Labute approximate surface area is 248 Å². The zero-order chi connectivity index (χ0) is 28.9. The molecule has 3 N–H and O–H groups in total. The van der Waals surface area contributed by atoms with Gasteiger partial charge in [-0.25, -0.2) is 9.59 Å². The largest absolute Gasteiger partial charge is 0.456 e. The second-order valence-electron chi connectivity index (χ2n) is 12.2. The van der Waals surface area contributed by atoms with Crippen LogP contribution in [0.3, 0.4) is 0 Å². The van der Waals surface area contributed by atoms with Crippen molar-refractivity contribution in [1.29, 1.82) is 0 Å². The topological polar surface area (TPSA) is 82.7 Å². The maximum absolute atomic E-state index is 13.3. The van der Waals surface area contributed by atoms with Gasteiger partial charge in [-0.15, -0.1) is 22.7 Å². The van der Waals surface area contributed by atoms with Gasteiger partial charge in [-0.3, -0.25) is 5.32 Å². The summed E-state index contributed by atoms with van der Waals surface area (Å²) in [5, 5.41) is 11.6. The van der Waals surface area contributed by atoms with E-state index in [1.807, 2.05) is 32.1 Å². The molecule has 0 spiro atoms. The second-order valence-corrected chi connectivity index (χ2v) is 14.4. The summed E-state index contributed by atoms with van der Waals surface area (Å²) in [7, 11) is 0. The number of amides is 2. The molecule has 1 aliphatic carbocycles. The van der Waals surface area contributed by atoms with Crippen molar-refractivity contribution in [3.63, 3.8) is 0 Å². The van der Waals surface area contributed by atoms with Gasteiger partial charge in [0.1, 0.15) is 10.6 Å². The third-order valence-corrected chi connectivity index (χ3v) is 10.4. The van der Waals surface area contributed by atoms with E-state index in [-0.39, 0.29) is 12.0 Å². The highest BCUT2D eigenvalue weighted by Gasteiger charge is 2.30. The van der Waals surface area contributed by atoms with E-state index in [9.17, 15) is 9.59 Å². The molecule has 0 saturated heterocycles. The molecule has 2 aromatic heterocycles. The van der Waals surface area contributed by atoms with Gasteiger partial charge in [-0.1, -0.05) is 27.2 Å². The summed E-state index contributed by atoms with van der Waals surface area (Å²) >= 11 is 3.42. The van der Waals surface area contributed by atoms with Crippen LogP contribution in [0.25, 0.3) is 0 Å². The zero-order valence-electron chi connectivity index (χ0n) is 25.3. The van der Waals surface area contributed by atoms with E-state index < -0.39 is 5.60 Å². The Hall–Kier alpha value is -2.10. The van der Waals surface area contributed by atoms with Gasteiger partial charge in [0, 0.05) is 41.5 Å².